The molecule has 1 amide bonds. The average molecular weight is 163 g/mol. The lowest BCUT2D eigenvalue weighted by Crippen LogP contribution is -2.11. The number of rotatable bonds is 2. The zero-order chi connectivity index (χ0) is 8.20. The van der Waals surface area contributed by atoms with Crippen LogP contribution in [0, 0.1) is 0 Å². The van der Waals surface area contributed by atoms with E-state index >= 15 is 0 Å². The van der Waals surface area contributed by atoms with Gasteiger partial charge in [0.05, 0.1) is 0 Å². The van der Waals surface area contributed by atoms with Crippen LogP contribution < -0.4 is 0 Å². The van der Waals surface area contributed by atoms with Gasteiger partial charge < -0.3 is 0 Å². The number of aliphatic imine (C=N–C) groups is 1. The number of hydrogen-bond acceptors (Lipinski definition) is 4. The Bertz CT molecular complexity index is 272. The molecule has 5 nitrogen and oxygen atoms in total. The largest absolute Gasteiger partial charge is 0.271 e. The Morgan fingerprint density at radius 1 is 1.60 bits per heavy atom. The van der Waals surface area contributed by atoms with Crippen molar-refractivity contribution in [3.63, 3.8) is 0 Å². The summed E-state index contributed by atoms with van der Waals surface area (Å²) < 4.78 is 20.6. The Morgan fingerprint density at radius 2 is 2.10 bits per heavy atom. The molecule has 0 rings (SSSR count). The smallest absolute Gasteiger partial charge is 0.271 e. The summed E-state index contributed by atoms with van der Waals surface area (Å²) in [5.74, 6) is -1.72. The summed E-state index contributed by atoms with van der Waals surface area (Å²) in [6.45, 7) is 0. The lowest BCUT2D eigenvalue weighted by atomic mass is 10.7. The molecule has 10 heavy (non-hydrogen) atoms. The first kappa shape index (κ1) is 9.00. The molecule has 0 aromatic heterocycles. The Hall–Kier alpha value is -1.00. The molecule has 0 spiro atoms. The van der Waals surface area contributed by atoms with Gasteiger partial charge in [0.2, 0.25) is 6.08 Å². The first-order valence-corrected chi connectivity index (χ1v) is 4.30. The number of carbonyl (C=O) groups is 1. The lowest BCUT2D eigenvalue weighted by Gasteiger charge is -1.87. The first-order chi connectivity index (χ1) is 4.45. The highest BCUT2D eigenvalue weighted by molar-refractivity contribution is 7.91. The molecule has 0 fully saturated rings. The highest BCUT2D eigenvalue weighted by Crippen LogP contribution is 1.83. The van der Waals surface area contributed by atoms with E-state index in [0.29, 0.717) is 0 Å². The fourth-order valence-electron chi connectivity index (χ4n) is 0.307. The number of nitrogens with zero attached hydrogens (tertiary/aromatic N) is 1. The summed E-state index contributed by atoms with van der Waals surface area (Å²) in [5, 5.41) is 0. The molecule has 0 radical (unpaired) electrons. The van der Waals surface area contributed by atoms with Crippen LogP contribution in [0.5, 0.6) is 0 Å². The molecule has 0 unspecified atom stereocenters. The highest BCUT2D eigenvalue weighted by atomic mass is 32.2. The third kappa shape index (κ3) is 5.14. The van der Waals surface area contributed by atoms with Gasteiger partial charge in [0.25, 0.3) is 5.91 Å². The first-order valence-electron chi connectivity index (χ1n) is 2.24. The van der Waals surface area contributed by atoms with Crippen molar-refractivity contribution in [2.24, 2.45) is 4.99 Å². The van der Waals surface area contributed by atoms with Crippen LogP contribution in [-0.2, 0) is 19.4 Å². The number of hydrogen-bond donors (Lipinski definition) is 0. The molecule has 0 atom stereocenters. The molecule has 0 aliphatic carbocycles. The monoisotopic (exact) mass is 163 g/mol. The molecule has 0 aliphatic rings. The fraction of sp³-hybridized carbons (Fsp3) is 0.500. The van der Waals surface area contributed by atoms with Gasteiger partial charge in [-0.15, -0.1) is 4.99 Å². The van der Waals surface area contributed by atoms with Gasteiger partial charge in [0, 0.05) is 6.26 Å². The Kier molecular flexibility index (Phi) is 2.92. The SMILES string of the molecule is CS(=O)(=O)CC(=O)N=C=O. The number of sulfone groups is 1. The minimum absolute atomic E-state index is 0.734. The zero-order valence-electron chi connectivity index (χ0n) is 5.20. The molecule has 0 saturated heterocycles. The lowest BCUT2D eigenvalue weighted by molar-refractivity contribution is -0.115. The van der Waals surface area contributed by atoms with E-state index in [0.717, 1.165) is 12.3 Å². The number of carbonyl (C=O) groups excluding carboxylic acids is 2. The van der Waals surface area contributed by atoms with E-state index in [9.17, 15) is 18.0 Å². The Balaban J connectivity index is 4.20. The van der Waals surface area contributed by atoms with Crippen LogP contribution in [-0.4, -0.2) is 32.4 Å². The normalized spacial score (nSPS) is 10.1. The van der Waals surface area contributed by atoms with Crippen LogP contribution in [0.4, 0.5) is 0 Å². The number of isocyanates is 1. The third-order valence-corrected chi connectivity index (χ3v) is 1.33. The highest BCUT2D eigenvalue weighted by Gasteiger charge is 2.08. The molecular weight excluding hydrogens is 158 g/mol. The van der Waals surface area contributed by atoms with E-state index in [1.54, 1.807) is 0 Å². The van der Waals surface area contributed by atoms with Crippen molar-refractivity contribution < 1.29 is 18.0 Å². The van der Waals surface area contributed by atoms with Crippen LogP contribution >= 0.6 is 0 Å². The van der Waals surface area contributed by atoms with Crippen molar-refractivity contribution in [1.82, 2.24) is 0 Å². The standard InChI is InChI=1S/C4H5NO4S/c1-10(8,9)2-4(7)5-3-6/h2H2,1H3. The van der Waals surface area contributed by atoms with Gasteiger partial charge in [-0.2, -0.15) is 0 Å². The summed E-state index contributed by atoms with van der Waals surface area (Å²) in [6, 6.07) is 0. The molecule has 0 heterocycles. The fourth-order valence-corrected chi connectivity index (χ4v) is 0.821. The van der Waals surface area contributed by atoms with Gasteiger partial charge in [-0.05, 0) is 0 Å². The van der Waals surface area contributed by atoms with Crippen molar-refractivity contribution in [2.75, 3.05) is 12.0 Å². The van der Waals surface area contributed by atoms with Gasteiger partial charge in [0.1, 0.15) is 5.75 Å². The van der Waals surface area contributed by atoms with Crippen LogP contribution in [0.3, 0.4) is 0 Å². The number of amides is 1. The van der Waals surface area contributed by atoms with Gasteiger partial charge in [0.15, 0.2) is 9.84 Å². The summed E-state index contributed by atoms with van der Waals surface area (Å²) in [5.41, 5.74) is 0. The summed E-state index contributed by atoms with van der Waals surface area (Å²) in [4.78, 5) is 22.2. The molecular formula is C4H5NO4S. The van der Waals surface area contributed by atoms with Gasteiger partial charge in [-0.3, -0.25) is 4.79 Å². The van der Waals surface area contributed by atoms with Gasteiger partial charge in [-0.25, -0.2) is 13.2 Å². The van der Waals surface area contributed by atoms with Crippen molar-refractivity contribution in [1.29, 1.82) is 0 Å². The van der Waals surface area contributed by atoms with Crippen LogP contribution in [0.2, 0.25) is 0 Å². The van der Waals surface area contributed by atoms with E-state index < -0.39 is 21.5 Å². The van der Waals surface area contributed by atoms with Crippen molar-refractivity contribution in [3.8, 4) is 0 Å². The van der Waals surface area contributed by atoms with E-state index in [1.165, 1.54) is 0 Å². The molecule has 6 heteroatoms. The quantitative estimate of drug-likeness (QED) is 0.382. The van der Waals surface area contributed by atoms with E-state index in [-0.39, 0.29) is 0 Å². The third-order valence-electron chi connectivity index (χ3n) is 0.556. The maximum absolute atomic E-state index is 10.3. The van der Waals surface area contributed by atoms with Crippen LogP contribution in [0.1, 0.15) is 0 Å². The van der Waals surface area contributed by atoms with Gasteiger partial charge in [-0.1, -0.05) is 0 Å². The second-order valence-corrected chi connectivity index (χ2v) is 3.81. The Labute approximate surface area is 57.7 Å². The summed E-state index contributed by atoms with van der Waals surface area (Å²) in [7, 11) is -3.37. The summed E-state index contributed by atoms with van der Waals surface area (Å²) in [6.07, 6.45) is 1.83. The second kappa shape index (κ2) is 3.24. The molecule has 0 bridgehead atoms. The summed E-state index contributed by atoms with van der Waals surface area (Å²) >= 11 is 0. The van der Waals surface area contributed by atoms with Crippen molar-refractivity contribution >= 4 is 21.8 Å². The molecule has 0 aliphatic heterocycles. The predicted octanol–water partition coefficient (Wildman–Crippen LogP) is -1.11. The topological polar surface area (TPSA) is 80.6 Å². The minimum Gasteiger partial charge on any atom is -0.271 e. The zero-order valence-corrected chi connectivity index (χ0v) is 6.01. The minimum atomic E-state index is -3.37. The van der Waals surface area contributed by atoms with E-state index in [4.69, 9.17) is 0 Å². The molecule has 0 aromatic rings. The van der Waals surface area contributed by atoms with E-state index in [2.05, 4.69) is 4.99 Å². The molecule has 0 aromatic carbocycles. The average Bonchev–Trinajstić information content (AvgIpc) is 1.59. The molecule has 56 valence electrons. The molecule has 0 N–H and O–H groups in total. The maximum Gasteiger partial charge on any atom is 0.271 e. The predicted molar refractivity (Wildman–Crippen MR) is 32.8 cm³/mol. The second-order valence-electron chi connectivity index (χ2n) is 1.67. The van der Waals surface area contributed by atoms with E-state index in [1.807, 2.05) is 0 Å². The van der Waals surface area contributed by atoms with Crippen molar-refractivity contribution in [3.05, 3.63) is 0 Å². The molecule has 0 saturated carbocycles. The van der Waals surface area contributed by atoms with Crippen molar-refractivity contribution in [2.45, 2.75) is 0 Å². The van der Waals surface area contributed by atoms with Crippen LogP contribution in [0.25, 0.3) is 0 Å². The maximum atomic E-state index is 10.3. The van der Waals surface area contributed by atoms with Crippen LogP contribution in [0.15, 0.2) is 4.99 Å². The Morgan fingerprint density at radius 3 is 2.40 bits per heavy atom. The van der Waals surface area contributed by atoms with Gasteiger partial charge >= 0.3 is 0 Å².